The van der Waals surface area contributed by atoms with E-state index in [1.165, 1.54) is 81.0 Å². The minimum Gasteiger partial charge on any atom is -0.333 e. The number of nitrogens with zero attached hydrogens (tertiary/aromatic N) is 1. The molecule has 0 fully saturated rings. The van der Waals surface area contributed by atoms with Gasteiger partial charge in [0.2, 0.25) is 0 Å². The maximum absolute atomic E-state index is 2.53. The highest BCUT2D eigenvalue weighted by molar-refractivity contribution is 8.00. The average molecular weight is 700 g/mol. The van der Waals surface area contributed by atoms with Gasteiger partial charge in [-0.25, -0.2) is 0 Å². The van der Waals surface area contributed by atoms with Crippen LogP contribution in [0.15, 0.2) is 208 Å². The Morgan fingerprint density at radius 2 is 0.942 bits per heavy atom. The van der Waals surface area contributed by atoms with Crippen molar-refractivity contribution in [3.05, 3.63) is 216 Å². The topological polar surface area (TPSA) is 3.24 Å². The van der Waals surface area contributed by atoms with E-state index in [0.29, 0.717) is 5.92 Å². The summed E-state index contributed by atoms with van der Waals surface area (Å²) in [5.74, 6) is 0.344. The van der Waals surface area contributed by atoms with Gasteiger partial charge in [-0.15, -0.1) is 0 Å². The van der Waals surface area contributed by atoms with Crippen molar-refractivity contribution >= 4 is 34.9 Å². The lowest BCUT2D eigenvalue weighted by molar-refractivity contribution is 0.667. The van der Waals surface area contributed by atoms with Crippen LogP contribution in [0.4, 0.5) is 11.4 Å². The van der Waals surface area contributed by atoms with Crippen LogP contribution in [-0.2, 0) is 5.41 Å². The van der Waals surface area contributed by atoms with Crippen LogP contribution >= 0.6 is 23.5 Å². The first-order valence-corrected chi connectivity index (χ1v) is 19.6. The maximum atomic E-state index is 2.53. The SMILES string of the molecule is C1=CC2c3ccc(-c4ccc5c(c4)Sc4ccccc4C54c5ccccc5Sc5cc(-c6ccccc6)ccc54)cc3N(c3ccccc3)C2C=C1. The summed E-state index contributed by atoms with van der Waals surface area (Å²) in [6.07, 6.45) is 9.11. The third-order valence-corrected chi connectivity index (χ3v) is 13.6. The van der Waals surface area contributed by atoms with E-state index in [-0.39, 0.29) is 6.04 Å². The molecule has 0 saturated heterocycles. The van der Waals surface area contributed by atoms with Crippen LogP contribution in [0.2, 0.25) is 0 Å². The van der Waals surface area contributed by atoms with Gasteiger partial charge in [0.25, 0.3) is 0 Å². The normalized spacial score (nSPS) is 20.0. The van der Waals surface area contributed by atoms with Crippen molar-refractivity contribution in [1.29, 1.82) is 0 Å². The van der Waals surface area contributed by atoms with Gasteiger partial charge in [0.1, 0.15) is 0 Å². The molecule has 11 rings (SSSR count). The van der Waals surface area contributed by atoms with E-state index >= 15 is 0 Å². The molecule has 1 aliphatic carbocycles. The van der Waals surface area contributed by atoms with Gasteiger partial charge in [-0.1, -0.05) is 169 Å². The van der Waals surface area contributed by atoms with Gasteiger partial charge in [-0.05, 0) is 92.5 Å². The molecule has 3 unspecified atom stereocenters. The number of hydrogen-bond acceptors (Lipinski definition) is 3. The Morgan fingerprint density at radius 3 is 1.62 bits per heavy atom. The summed E-state index contributed by atoms with van der Waals surface area (Å²) in [6.45, 7) is 0. The summed E-state index contributed by atoms with van der Waals surface area (Å²) in [5.41, 5.74) is 13.9. The molecule has 0 amide bonds. The zero-order valence-electron chi connectivity index (χ0n) is 28.3. The van der Waals surface area contributed by atoms with Crippen LogP contribution in [0, 0.1) is 0 Å². The fourth-order valence-corrected chi connectivity index (χ4v) is 11.5. The van der Waals surface area contributed by atoms with Gasteiger partial charge in [0.15, 0.2) is 0 Å². The number of para-hydroxylation sites is 1. The molecular weight excluding hydrogens is 667 g/mol. The standard InChI is InChI=1S/C49H33NS2/c1-3-13-32(14-4-1)34-24-27-41-47(30-34)51-45-21-11-8-18-39(45)49(41)40-19-9-12-22-46(40)52-48-31-35(25-28-42(48)49)33-23-26-38-37-17-7-10-20-43(37)50(44(38)29-33)36-15-5-2-6-16-36/h1-31,37,43H. The van der Waals surface area contributed by atoms with Gasteiger partial charge in [0.05, 0.1) is 11.5 Å². The fourth-order valence-electron chi connectivity index (χ4n) is 9.07. The zero-order valence-corrected chi connectivity index (χ0v) is 29.9. The molecule has 0 saturated carbocycles. The number of hydrogen-bond donors (Lipinski definition) is 0. The van der Waals surface area contributed by atoms with E-state index in [1.54, 1.807) is 0 Å². The molecule has 3 atom stereocenters. The average Bonchev–Trinajstić information content (AvgIpc) is 3.54. The molecule has 1 nitrogen and oxygen atoms in total. The van der Waals surface area contributed by atoms with E-state index in [0.717, 1.165) is 0 Å². The predicted octanol–water partition coefficient (Wildman–Crippen LogP) is 13.1. The summed E-state index contributed by atoms with van der Waals surface area (Å²) in [5, 5.41) is 0. The Hall–Kier alpha value is -5.48. The molecule has 3 aliphatic heterocycles. The molecule has 7 aromatic carbocycles. The Morgan fingerprint density at radius 1 is 0.423 bits per heavy atom. The summed E-state index contributed by atoms with van der Waals surface area (Å²) in [7, 11) is 0. The second-order valence-electron chi connectivity index (χ2n) is 14.0. The minimum atomic E-state index is -0.432. The van der Waals surface area contributed by atoms with E-state index < -0.39 is 5.41 Å². The number of benzene rings is 7. The number of allylic oxidation sites excluding steroid dienone is 2. The van der Waals surface area contributed by atoms with Gasteiger partial charge >= 0.3 is 0 Å². The second-order valence-corrected chi connectivity index (χ2v) is 16.2. The highest BCUT2D eigenvalue weighted by Crippen LogP contribution is 2.62. The molecule has 246 valence electrons. The lowest BCUT2D eigenvalue weighted by Gasteiger charge is -2.45. The predicted molar refractivity (Wildman–Crippen MR) is 217 cm³/mol. The quantitative estimate of drug-likeness (QED) is 0.181. The Bertz CT molecular complexity index is 2590. The number of rotatable bonds is 3. The van der Waals surface area contributed by atoms with Crippen molar-refractivity contribution in [2.45, 2.75) is 37.0 Å². The Labute approximate surface area is 313 Å². The number of fused-ring (bicyclic) bond motifs is 11. The van der Waals surface area contributed by atoms with Gasteiger partial charge in [0, 0.05) is 36.9 Å². The van der Waals surface area contributed by atoms with E-state index in [9.17, 15) is 0 Å². The molecule has 0 aromatic heterocycles. The van der Waals surface area contributed by atoms with Crippen LogP contribution in [0.1, 0.15) is 33.7 Å². The lowest BCUT2D eigenvalue weighted by Crippen LogP contribution is -2.36. The molecule has 1 spiro atoms. The molecule has 52 heavy (non-hydrogen) atoms. The van der Waals surface area contributed by atoms with Crippen LogP contribution in [0.5, 0.6) is 0 Å². The molecule has 0 bridgehead atoms. The highest BCUT2D eigenvalue weighted by atomic mass is 32.2. The van der Waals surface area contributed by atoms with Crippen molar-refractivity contribution in [2.24, 2.45) is 0 Å². The first-order chi connectivity index (χ1) is 25.8. The molecule has 3 heterocycles. The molecule has 0 radical (unpaired) electrons. The highest BCUT2D eigenvalue weighted by Gasteiger charge is 2.49. The van der Waals surface area contributed by atoms with Crippen LogP contribution in [0.25, 0.3) is 22.3 Å². The van der Waals surface area contributed by atoms with E-state index in [2.05, 4.69) is 193 Å². The van der Waals surface area contributed by atoms with Gasteiger partial charge in [-0.3, -0.25) is 0 Å². The van der Waals surface area contributed by atoms with Gasteiger partial charge in [-0.2, -0.15) is 0 Å². The van der Waals surface area contributed by atoms with Gasteiger partial charge < -0.3 is 4.90 Å². The third kappa shape index (κ3) is 4.39. The zero-order chi connectivity index (χ0) is 34.2. The third-order valence-electron chi connectivity index (χ3n) is 11.3. The Kier molecular flexibility index (Phi) is 6.83. The van der Waals surface area contributed by atoms with E-state index in [4.69, 9.17) is 0 Å². The molecular formula is C49H33NS2. The summed E-state index contributed by atoms with van der Waals surface area (Å²) >= 11 is 3.82. The smallest absolute Gasteiger partial charge is 0.0745 e. The largest absolute Gasteiger partial charge is 0.333 e. The lowest BCUT2D eigenvalue weighted by atomic mass is 9.64. The van der Waals surface area contributed by atoms with Crippen LogP contribution in [0.3, 0.4) is 0 Å². The first kappa shape index (κ1) is 30.2. The fraction of sp³-hybridized carbons (Fsp3) is 0.0612. The molecule has 4 aliphatic rings. The molecule has 3 heteroatoms. The summed E-state index contributed by atoms with van der Waals surface area (Å²) in [4.78, 5) is 7.80. The summed E-state index contributed by atoms with van der Waals surface area (Å²) < 4.78 is 0. The molecule has 7 aromatic rings. The Balaban J connectivity index is 1.10. The monoisotopic (exact) mass is 699 g/mol. The van der Waals surface area contributed by atoms with Crippen LogP contribution < -0.4 is 4.90 Å². The van der Waals surface area contributed by atoms with Crippen molar-refractivity contribution < 1.29 is 0 Å². The van der Waals surface area contributed by atoms with Crippen molar-refractivity contribution in [3.63, 3.8) is 0 Å². The van der Waals surface area contributed by atoms with Crippen molar-refractivity contribution in [2.75, 3.05) is 4.90 Å². The summed E-state index contributed by atoms with van der Waals surface area (Å²) in [6, 6.07) is 61.6. The number of anilines is 2. The van der Waals surface area contributed by atoms with Crippen molar-refractivity contribution in [3.8, 4) is 22.3 Å². The van der Waals surface area contributed by atoms with Crippen molar-refractivity contribution in [1.82, 2.24) is 0 Å². The molecule has 0 N–H and O–H groups in total. The van der Waals surface area contributed by atoms with Crippen LogP contribution in [-0.4, -0.2) is 6.04 Å². The second kappa shape index (κ2) is 11.8. The minimum absolute atomic E-state index is 0.278. The first-order valence-electron chi connectivity index (χ1n) is 18.0. The van der Waals surface area contributed by atoms with E-state index in [1.807, 2.05) is 23.5 Å². The maximum Gasteiger partial charge on any atom is 0.0745 e.